The zero-order valence-corrected chi connectivity index (χ0v) is 23.4. The van der Waals surface area contributed by atoms with Crippen molar-refractivity contribution in [1.82, 2.24) is 0 Å². The molecule has 0 saturated carbocycles. The zero-order chi connectivity index (χ0) is 24.8. The van der Waals surface area contributed by atoms with E-state index in [0.717, 1.165) is 34.1 Å². The highest BCUT2D eigenvalue weighted by Gasteiger charge is 2.67. The highest BCUT2D eigenvalue weighted by atomic mass is 28.4. The summed E-state index contributed by atoms with van der Waals surface area (Å²) >= 11 is 0. The molecule has 0 radical (unpaired) electrons. The number of hydrogen-bond acceptors (Lipinski definition) is 4. The molecule has 2 aromatic rings. The molecule has 2 aliphatic heterocycles. The molecule has 1 spiro atoms. The monoisotopic (exact) mass is 468 g/mol. The topological polar surface area (TPSA) is 36.9 Å². The summed E-state index contributed by atoms with van der Waals surface area (Å²) in [6, 6.07) is 8.67. The predicted octanol–water partition coefficient (Wildman–Crippen LogP) is 7.55. The third kappa shape index (κ3) is 4.25. The van der Waals surface area contributed by atoms with E-state index in [1.807, 2.05) is 0 Å². The third-order valence-electron chi connectivity index (χ3n) is 6.38. The largest absolute Gasteiger partial charge is 0.967 e. The summed E-state index contributed by atoms with van der Waals surface area (Å²) in [5.74, 6) is 2.95. The van der Waals surface area contributed by atoms with E-state index in [1.54, 1.807) is 0 Å². The van der Waals surface area contributed by atoms with Gasteiger partial charge in [-0.1, -0.05) is 95.2 Å². The van der Waals surface area contributed by atoms with E-state index in [9.17, 15) is 0 Å². The minimum Gasteiger partial charge on any atom is -0.448 e. The molecule has 0 atom stereocenters. The quantitative estimate of drug-likeness (QED) is 0.374. The number of rotatable bonds is 0. The van der Waals surface area contributed by atoms with Crippen LogP contribution in [0.25, 0.3) is 0 Å². The average molecular weight is 469 g/mol. The van der Waals surface area contributed by atoms with Crippen LogP contribution in [-0.2, 0) is 21.7 Å². The molecule has 0 bridgehead atoms. The fourth-order valence-electron chi connectivity index (χ4n) is 4.19. The Balaban J connectivity index is 1.82. The molecule has 2 aliphatic rings. The Labute approximate surface area is 201 Å². The molecular weight excluding hydrogens is 428 g/mol. The molecule has 0 amide bonds. The molecule has 0 unspecified atom stereocenters. The first kappa shape index (κ1) is 24.0. The first-order valence-electron chi connectivity index (χ1n) is 11.9. The van der Waals surface area contributed by atoms with Crippen molar-refractivity contribution < 1.29 is 17.7 Å². The number of fused-ring (bicyclic) bond motifs is 2. The van der Waals surface area contributed by atoms with Crippen LogP contribution < -0.4 is 17.7 Å². The lowest BCUT2D eigenvalue weighted by Gasteiger charge is -2.26. The number of benzene rings is 2. The normalized spacial score (nSPS) is 17.1. The first-order valence-corrected chi connectivity index (χ1v) is 13.6. The summed E-state index contributed by atoms with van der Waals surface area (Å²) in [6.45, 7) is 26.5. The molecule has 5 heteroatoms. The van der Waals surface area contributed by atoms with Crippen molar-refractivity contribution in [3.05, 3.63) is 46.5 Å². The van der Waals surface area contributed by atoms with Crippen LogP contribution in [0.4, 0.5) is 0 Å². The van der Waals surface area contributed by atoms with Gasteiger partial charge in [0.05, 0.1) is 0 Å². The van der Waals surface area contributed by atoms with Gasteiger partial charge in [-0.15, -0.1) is 0 Å². The molecular formula is C28H40O4Si. The van der Waals surface area contributed by atoms with Gasteiger partial charge in [0.1, 0.15) is 0 Å². The summed E-state index contributed by atoms with van der Waals surface area (Å²) in [5, 5.41) is 0. The van der Waals surface area contributed by atoms with Crippen LogP contribution in [0.3, 0.4) is 0 Å². The Kier molecular flexibility index (Phi) is 5.05. The van der Waals surface area contributed by atoms with Gasteiger partial charge in [-0.2, -0.15) is 0 Å². The fraction of sp³-hybridized carbons (Fsp3) is 0.571. The van der Waals surface area contributed by atoms with Crippen molar-refractivity contribution in [2.75, 3.05) is 0 Å². The summed E-state index contributed by atoms with van der Waals surface area (Å²) in [5.41, 5.74) is 4.39. The second-order valence-corrected chi connectivity index (χ2v) is 15.4. The molecule has 4 rings (SSSR count). The van der Waals surface area contributed by atoms with E-state index in [2.05, 4.69) is 107 Å². The Hall–Kier alpha value is -2.14. The van der Waals surface area contributed by atoms with Crippen molar-refractivity contribution in [3.63, 3.8) is 0 Å². The molecule has 0 aliphatic carbocycles. The smallest absolute Gasteiger partial charge is 0.448 e. The van der Waals surface area contributed by atoms with Gasteiger partial charge in [0.2, 0.25) is 0 Å². The summed E-state index contributed by atoms with van der Waals surface area (Å²) < 4.78 is 26.0. The van der Waals surface area contributed by atoms with Crippen molar-refractivity contribution in [3.8, 4) is 23.0 Å². The molecule has 2 heterocycles. The van der Waals surface area contributed by atoms with Crippen LogP contribution in [-0.4, -0.2) is 9.05 Å². The van der Waals surface area contributed by atoms with Gasteiger partial charge in [0.25, 0.3) is 0 Å². The Morgan fingerprint density at radius 1 is 0.455 bits per heavy atom. The Morgan fingerprint density at radius 3 is 1.06 bits per heavy atom. The van der Waals surface area contributed by atoms with E-state index in [4.69, 9.17) is 17.7 Å². The maximum Gasteiger partial charge on any atom is 0.967 e. The van der Waals surface area contributed by atoms with E-state index in [-0.39, 0.29) is 21.7 Å². The third-order valence-corrected chi connectivity index (χ3v) is 8.23. The average Bonchev–Trinajstić information content (AvgIpc) is 3.14. The molecule has 2 aromatic carbocycles. The second kappa shape index (κ2) is 6.94. The van der Waals surface area contributed by atoms with Crippen LogP contribution in [0.15, 0.2) is 24.3 Å². The van der Waals surface area contributed by atoms with Gasteiger partial charge in [0, 0.05) is 11.1 Å². The zero-order valence-electron chi connectivity index (χ0n) is 22.4. The lowest BCUT2D eigenvalue weighted by atomic mass is 9.80. The maximum absolute atomic E-state index is 6.53. The fourth-order valence-corrected chi connectivity index (χ4v) is 6.20. The highest BCUT2D eigenvalue weighted by Crippen LogP contribution is 2.53. The Morgan fingerprint density at radius 2 is 0.788 bits per heavy atom. The van der Waals surface area contributed by atoms with Gasteiger partial charge in [0.15, 0.2) is 23.0 Å². The SMILES string of the molecule is CC(C)(C)c1cc2c(c(C(C)(C)C)c1)O[Si]1(O2)Oc2cc(C(C)(C)C)cc(C(C)(C)C)c2O1. The van der Waals surface area contributed by atoms with Gasteiger partial charge < -0.3 is 17.7 Å². The van der Waals surface area contributed by atoms with Crippen molar-refractivity contribution in [2.24, 2.45) is 0 Å². The Bertz CT molecular complexity index is 1020. The molecule has 180 valence electrons. The summed E-state index contributed by atoms with van der Waals surface area (Å²) in [4.78, 5) is 0. The minimum absolute atomic E-state index is 0.0168. The predicted molar refractivity (Wildman–Crippen MR) is 136 cm³/mol. The molecule has 0 aromatic heterocycles. The standard InChI is InChI=1S/C28H40O4Si/c1-25(2,3)17-13-19(27(7,8)9)23-21(15-17)29-33(31-23)30-22-16-18(26(4,5)6)14-20(24(22)32-33)28(10,11)12/h13-16H,1-12H3. The molecule has 0 N–H and O–H groups in total. The van der Waals surface area contributed by atoms with Crippen LogP contribution in [0.5, 0.6) is 23.0 Å². The molecule has 4 nitrogen and oxygen atoms in total. The van der Waals surface area contributed by atoms with E-state index in [0.29, 0.717) is 0 Å². The van der Waals surface area contributed by atoms with Crippen LogP contribution in [0, 0.1) is 0 Å². The molecule has 0 fully saturated rings. The lowest BCUT2D eigenvalue weighted by molar-refractivity contribution is 0.222. The van der Waals surface area contributed by atoms with Gasteiger partial charge >= 0.3 is 9.05 Å². The summed E-state index contributed by atoms with van der Waals surface area (Å²) in [6.07, 6.45) is 0. The number of hydrogen-bond donors (Lipinski definition) is 0. The van der Waals surface area contributed by atoms with Gasteiger partial charge in [-0.3, -0.25) is 0 Å². The minimum atomic E-state index is -3.46. The van der Waals surface area contributed by atoms with Crippen molar-refractivity contribution >= 4 is 9.05 Å². The van der Waals surface area contributed by atoms with Gasteiger partial charge in [-0.25, -0.2) is 0 Å². The second-order valence-electron chi connectivity index (χ2n) is 13.6. The first-order chi connectivity index (χ1) is 14.8. The van der Waals surface area contributed by atoms with E-state index < -0.39 is 9.05 Å². The van der Waals surface area contributed by atoms with E-state index in [1.165, 1.54) is 11.1 Å². The van der Waals surface area contributed by atoms with E-state index >= 15 is 0 Å². The maximum atomic E-state index is 6.53. The van der Waals surface area contributed by atoms with Crippen LogP contribution in [0.2, 0.25) is 0 Å². The molecule has 33 heavy (non-hydrogen) atoms. The summed E-state index contributed by atoms with van der Waals surface area (Å²) in [7, 11) is -3.46. The van der Waals surface area contributed by atoms with Crippen LogP contribution in [0.1, 0.15) is 105 Å². The lowest BCUT2D eigenvalue weighted by Crippen LogP contribution is -2.54. The van der Waals surface area contributed by atoms with Gasteiger partial charge in [-0.05, 0) is 44.9 Å². The van der Waals surface area contributed by atoms with Crippen molar-refractivity contribution in [2.45, 2.75) is 105 Å². The highest BCUT2D eigenvalue weighted by molar-refractivity contribution is 6.59. The van der Waals surface area contributed by atoms with Crippen LogP contribution >= 0.6 is 0 Å². The van der Waals surface area contributed by atoms with Crippen molar-refractivity contribution in [1.29, 1.82) is 0 Å². The molecule has 0 saturated heterocycles.